The lowest BCUT2D eigenvalue weighted by Crippen LogP contribution is -2.41. The molecule has 1 saturated carbocycles. The van der Waals surface area contributed by atoms with Crippen molar-refractivity contribution >= 4 is 11.9 Å². The van der Waals surface area contributed by atoms with Gasteiger partial charge in [-0.1, -0.05) is 33.1 Å². The molecule has 0 saturated heterocycles. The molecule has 1 atom stereocenters. The highest BCUT2D eigenvalue weighted by atomic mass is 16.4. The van der Waals surface area contributed by atoms with Gasteiger partial charge in [-0.25, -0.2) is 4.79 Å². The number of carboxylic acids is 1. The van der Waals surface area contributed by atoms with Crippen LogP contribution < -0.4 is 5.32 Å². The highest BCUT2D eigenvalue weighted by Gasteiger charge is 2.22. The van der Waals surface area contributed by atoms with E-state index in [0.29, 0.717) is 18.8 Å². The summed E-state index contributed by atoms with van der Waals surface area (Å²) in [6, 6.07) is -0.733. The molecular formula is C13H23NO3. The van der Waals surface area contributed by atoms with Gasteiger partial charge in [-0.15, -0.1) is 0 Å². The summed E-state index contributed by atoms with van der Waals surface area (Å²) in [5.74, 6) is -0.0993. The molecule has 1 fully saturated rings. The number of carbonyl (C=O) groups is 2. The number of rotatable bonds is 7. The maximum atomic E-state index is 11.6. The third-order valence-electron chi connectivity index (χ3n) is 3.34. The standard InChI is InChI=1S/C13H23NO3/c1-9(2)8-11(13(16)17)14-12(15)7-6-10-4-3-5-10/h9-11H,3-8H2,1-2H3,(H,14,15)(H,16,17)/t11-/m0/s1. The summed E-state index contributed by atoms with van der Waals surface area (Å²) >= 11 is 0. The molecule has 0 aromatic carbocycles. The summed E-state index contributed by atoms with van der Waals surface area (Å²) in [6.45, 7) is 3.91. The first-order valence-electron chi connectivity index (χ1n) is 6.51. The van der Waals surface area contributed by atoms with Crippen LogP contribution in [-0.2, 0) is 9.59 Å². The Morgan fingerprint density at radius 3 is 2.41 bits per heavy atom. The minimum Gasteiger partial charge on any atom is -0.480 e. The molecule has 1 aliphatic rings. The first kappa shape index (κ1) is 14.0. The van der Waals surface area contributed by atoms with Gasteiger partial charge in [0.05, 0.1) is 0 Å². The molecule has 0 aliphatic heterocycles. The van der Waals surface area contributed by atoms with Crippen LogP contribution in [0, 0.1) is 11.8 Å². The molecule has 1 aliphatic carbocycles. The topological polar surface area (TPSA) is 66.4 Å². The van der Waals surface area contributed by atoms with Crippen LogP contribution in [0.4, 0.5) is 0 Å². The third kappa shape index (κ3) is 5.20. The first-order valence-corrected chi connectivity index (χ1v) is 6.51. The van der Waals surface area contributed by atoms with E-state index >= 15 is 0 Å². The lowest BCUT2D eigenvalue weighted by Gasteiger charge is -2.25. The lowest BCUT2D eigenvalue weighted by atomic mass is 9.82. The number of amides is 1. The first-order chi connectivity index (χ1) is 7.99. The molecule has 4 nitrogen and oxygen atoms in total. The van der Waals surface area contributed by atoms with Gasteiger partial charge in [-0.2, -0.15) is 0 Å². The SMILES string of the molecule is CC(C)C[C@H](NC(=O)CCC1CCC1)C(=O)O. The molecular weight excluding hydrogens is 218 g/mol. The summed E-state index contributed by atoms with van der Waals surface area (Å²) in [5.41, 5.74) is 0. The van der Waals surface area contributed by atoms with Crippen LogP contribution in [0.25, 0.3) is 0 Å². The third-order valence-corrected chi connectivity index (χ3v) is 3.34. The Morgan fingerprint density at radius 2 is 2.00 bits per heavy atom. The van der Waals surface area contributed by atoms with Crippen molar-refractivity contribution in [3.8, 4) is 0 Å². The summed E-state index contributed by atoms with van der Waals surface area (Å²) in [6.07, 6.45) is 5.58. The van der Waals surface area contributed by atoms with Crippen molar-refractivity contribution in [1.29, 1.82) is 0 Å². The molecule has 0 aromatic rings. The second-order valence-electron chi connectivity index (χ2n) is 5.42. The number of hydrogen-bond donors (Lipinski definition) is 2. The van der Waals surface area contributed by atoms with Crippen molar-refractivity contribution in [2.24, 2.45) is 11.8 Å². The van der Waals surface area contributed by atoms with Crippen molar-refractivity contribution in [3.63, 3.8) is 0 Å². The number of nitrogens with one attached hydrogen (secondary N) is 1. The summed E-state index contributed by atoms with van der Waals surface area (Å²) in [5, 5.41) is 11.6. The molecule has 1 rings (SSSR count). The molecule has 0 aromatic heterocycles. The fraction of sp³-hybridized carbons (Fsp3) is 0.846. The smallest absolute Gasteiger partial charge is 0.326 e. The molecule has 0 radical (unpaired) electrons. The monoisotopic (exact) mass is 241 g/mol. The van der Waals surface area contributed by atoms with Crippen LogP contribution in [-0.4, -0.2) is 23.0 Å². The van der Waals surface area contributed by atoms with Crippen LogP contribution in [0.3, 0.4) is 0 Å². The Kier molecular flexibility index (Phi) is 5.45. The van der Waals surface area contributed by atoms with Crippen molar-refractivity contribution in [2.75, 3.05) is 0 Å². The molecule has 0 unspecified atom stereocenters. The Hall–Kier alpha value is -1.06. The molecule has 1 amide bonds. The van der Waals surface area contributed by atoms with E-state index in [9.17, 15) is 9.59 Å². The van der Waals surface area contributed by atoms with Gasteiger partial charge in [0, 0.05) is 6.42 Å². The molecule has 2 N–H and O–H groups in total. The van der Waals surface area contributed by atoms with E-state index in [-0.39, 0.29) is 11.8 Å². The van der Waals surface area contributed by atoms with Gasteiger partial charge in [0.2, 0.25) is 5.91 Å². The van der Waals surface area contributed by atoms with Crippen LogP contribution in [0.5, 0.6) is 0 Å². The molecule has 0 bridgehead atoms. The zero-order chi connectivity index (χ0) is 12.8. The normalized spacial score (nSPS) is 17.6. The van der Waals surface area contributed by atoms with Crippen molar-refractivity contribution in [3.05, 3.63) is 0 Å². The van der Waals surface area contributed by atoms with E-state index in [1.807, 2.05) is 13.8 Å². The van der Waals surface area contributed by atoms with E-state index in [1.165, 1.54) is 19.3 Å². The Labute approximate surface area is 103 Å². The zero-order valence-electron chi connectivity index (χ0n) is 10.7. The van der Waals surface area contributed by atoms with Gasteiger partial charge in [0.25, 0.3) is 0 Å². The average molecular weight is 241 g/mol. The van der Waals surface area contributed by atoms with Gasteiger partial charge >= 0.3 is 5.97 Å². The highest BCUT2D eigenvalue weighted by Crippen LogP contribution is 2.30. The largest absolute Gasteiger partial charge is 0.480 e. The maximum Gasteiger partial charge on any atom is 0.326 e. The molecule has 0 spiro atoms. The van der Waals surface area contributed by atoms with Gasteiger partial charge in [-0.05, 0) is 24.7 Å². The molecule has 98 valence electrons. The van der Waals surface area contributed by atoms with Crippen LogP contribution in [0.1, 0.15) is 52.4 Å². The van der Waals surface area contributed by atoms with Crippen LogP contribution in [0.2, 0.25) is 0 Å². The summed E-state index contributed by atoms with van der Waals surface area (Å²) in [7, 11) is 0. The maximum absolute atomic E-state index is 11.6. The average Bonchev–Trinajstić information content (AvgIpc) is 2.13. The van der Waals surface area contributed by atoms with E-state index in [2.05, 4.69) is 5.32 Å². The van der Waals surface area contributed by atoms with Crippen molar-refractivity contribution in [1.82, 2.24) is 5.32 Å². The predicted octanol–water partition coefficient (Wildman–Crippen LogP) is 2.18. The minimum absolute atomic E-state index is 0.120. The predicted molar refractivity (Wildman–Crippen MR) is 65.6 cm³/mol. The Morgan fingerprint density at radius 1 is 1.35 bits per heavy atom. The van der Waals surface area contributed by atoms with E-state index < -0.39 is 12.0 Å². The van der Waals surface area contributed by atoms with E-state index in [0.717, 1.165) is 6.42 Å². The lowest BCUT2D eigenvalue weighted by molar-refractivity contribution is -0.142. The van der Waals surface area contributed by atoms with Gasteiger partial charge in [0.15, 0.2) is 0 Å². The van der Waals surface area contributed by atoms with Gasteiger partial charge < -0.3 is 10.4 Å². The zero-order valence-corrected chi connectivity index (χ0v) is 10.7. The number of aliphatic carboxylic acids is 1. The van der Waals surface area contributed by atoms with Crippen LogP contribution in [0.15, 0.2) is 0 Å². The highest BCUT2D eigenvalue weighted by molar-refractivity contribution is 5.83. The number of carbonyl (C=O) groups excluding carboxylic acids is 1. The van der Waals surface area contributed by atoms with Gasteiger partial charge in [0.1, 0.15) is 6.04 Å². The fourth-order valence-electron chi connectivity index (χ4n) is 2.08. The Bertz CT molecular complexity index is 272. The second-order valence-corrected chi connectivity index (χ2v) is 5.42. The van der Waals surface area contributed by atoms with E-state index in [4.69, 9.17) is 5.11 Å². The molecule has 0 heterocycles. The summed E-state index contributed by atoms with van der Waals surface area (Å²) < 4.78 is 0. The van der Waals surface area contributed by atoms with Crippen molar-refractivity contribution < 1.29 is 14.7 Å². The summed E-state index contributed by atoms with van der Waals surface area (Å²) in [4.78, 5) is 22.6. The molecule has 17 heavy (non-hydrogen) atoms. The van der Waals surface area contributed by atoms with E-state index in [1.54, 1.807) is 0 Å². The van der Waals surface area contributed by atoms with Gasteiger partial charge in [-0.3, -0.25) is 4.79 Å². The fourth-order valence-corrected chi connectivity index (χ4v) is 2.08. The van der Waals surface area contributed by atoms with Crippen LogP contribution >= 0.6 is 0 Å². The Balaban J connectivity index is 2.27. The number of hydrogen-bond acceptors (Lipinski definition) is 2. The quantitative estimate of drug-likeness (QED) is 0.718. The van der Waals surface area contributed by atoms with Crippen molar-refractivity contribution in [2.45, 2.75) is 58.4 Å². The molecule has 4 heteroatoms. The second kappa shape index (κ2) is 6.62. The number of carboxylic acid groups (broad SMARTS) is 1. The minimum atomic E-state index is -0.935.